The molecule has 36 heavy (non-hydrogen) atoms. The number of hydrogen-bond acceptors (Lipinski definition) is 4. The number of ether oxygens (including phenoxy) is 1. The van der Waals surface area contributed by atoms with Gasteiger partial charge in [0.05, 0.1) is 6.04 Å². The zero-order chi connectivity index (χ0) is 26.0. The lowest BCUT2D eigenvalue weighted by atomic mass is 9.84. The SMILES string of the molecule is CNCCN(C)CCOc1cc(F)c(C2C3=C(C[C@@H](C)N2CC(C)(C)F)c2ccccc2C3)c(F)c1. The molecule has 0 amide bonds. The summed E-state index contributed by atoms with van der Waals surface area (Å²) in [5, 5.41) is 3.09. The summed E-state index contributed by atoms with van der Waals surface area (Å²) < 4.78 is 52.0. The molecule has 0 fully saturated rings. The minimum absolute atomic E-state index is 0.0235. The average molecular weight is 502 g/mol. The van der Waals surface area contributed by atoms with E-state index in [0.717, 1.165) is 41.8 Å². The second kappa shape index (κ2) is 11.0. The Balaban J connectivity index is 1.65. The molecule has 1 unspecified atom stereocenters. The van der Waals surface area contributed by atoms with Gasteiger partial charge in [0.2, 0.25) is 0 Å². The Morgan fingerprint density at radius 1 is 1.14 bits per heavy atom. The van der Waals surface area contributed by atoms with Gasteiger partial charge in [-0.25, -0.2) is 13.2 Å². The highest BCUT2D eigenvalue weighted by atomic mass is 19.1. The van der Waals surface area contributed by atoms with Crippen molar-refractivity contribution in [1.29, 1.82) is 0 Å². The Bertz CT molecular complexity index is 1090. The lowest BCUT2D eigenvalue weighted by Crippen LogP contribution is -2.47. The number of fused-ring (bicyclic) bond motifs is 2. The standard InChI is InChI=1S/C29H38F3N3O/c1-19-14-23-22-9-7-6-8-20(22)15-24(23)28(35(19)18-29(2,3)32)27-25(30)16-21(17-26(27)31)36-13-12-34(5)11-10-33-4/h6-9,16-17,19,28,33H,10-15,18H2,1-5H3/t19-,28?/m1/s1. The maximum absolute atomic E-state index is 15.7. The Morgan fingerprint density at radius 3 is 2.50 bits per heavy atom. The zero-order valence-electron chi connectivity index (χ0n) is 22.0. The summed E-state index contributed by atoms with van der Waals surface area (Å²) in [5.74, 6) is -1.14. The van der Waals surface area contributed by atoms with Crippen molar-refractivity contribution in [2.45, 2.75) is 51.4 Å². The minimum Gasteiger partial charge on any atom is -0.492 e. The van der Waals surface area contributed by atoms with Crippen molar-refractivity contribution in [1.82, 2.24) is 15.1 Å². The summed E-state index contributed by atoms with van der Waals surface area (Å²) in [5.41, 5.74) is 2.88. The van der Waals surface area contributed by atoms with Crippen LogP contribution in [0.2, 0.25) is 0 Å². The molecule has 0 spiro atoms. The normalized spacial score (nSPS) is 20.1. The molecule has 0 radical (unpaired) electrons. The predicted molar refractivity (Wildman–Crippen MR) is 139 cm³/mol. The van der Waals surface area contributed by atoms with Crippen LogP contribution in [0.15, 0.2) is 42.0 Å². The van der Waals surface area contributed by atoms with E-state index in [1.165, 1.54) is 26.0 Å². The van der Waals surface area contributed by atoms with Crippen LogP contribution in [0.25, 0.3) is 5.57 Å². The second-order valence-corrected chi connectivity index (χ2v) is 10.7. The summed E-state index contributed by atoms with van der Waals surface area (Å²) >= 11 is 0. The van der Waals surface area contributed by atoms with Gasteiger partial charge in [-0.05, 0) is 70.0 Å². The van der Waals surface area contributed by atoms with Crippen molar-refractivity contribution in [3.8, 4) is 5.75 Å². The van der Waals surface area contributed by atoms with Crippen molar-refractivity contribution in [3.63, 3.8) is 0 Å². The molecule has 2 atom stereocenters. The molecule has 1 heterocycles. The number of nitrogens with one attached hydrogen (secondary N) is 1. The smallest absolute Gasteiger partial charge is 0.134 e. The summed E-state index contributed by atoms with van der Waals surface area (Å²) in [4.78, 5) is 4.02. The number of nitrogens with zero attached hydrogens (tertiary/aromatic N) is 2. The van der Waals surface area contributed by atoms with Gasteiger partial charge < -0.3 is 15.0 Å². The van der Waals surface area contributed by atoms with E-state index >= 15 is 8.78 Å². The van der Waals surface area contributed by atoms with E-state index in [-0.39, 0.29) is 23.9 Å². The molecule has 7 heteroatoms. The highest BCUT2D eigenvalue weighted by molar-refractivity contribution is 5.79. The lowest BCUT2D eigenvalue weighted by molar-refractivity contribution is 0.0676. The maximum Gasteiger partial charge on any atom is 0.134 e. The number of halogens is 3. The summed E-state index contributed by atoms with van der Waals surface area (Å²) in [6.45, 7) is 7.79. The second-order valence-electron chi connectivity index (χ2n) is 10.7. The van der Waals surface area contributed by atoms with Gasteiger partial charge >= 0.3 is 0 Å². The third-order valence-electron chi connectivity index (χ3n) is 7.21. The fourth-order valence-electron chi connectivity index (χ4n) is 5.48. The molecule has 0 saturated heterocycles. The number of alkyl halides is 1. The van der Waals surface area contributed by atoms with Crippen molar-refractivity contribution < 1.29 is 17.9 Å². The van der Waals surface area contributed by atoms with Crippen molar-refractivity contribution in [2.24, 2.45) is 0 Å². The van der Waals surface area contributed by atoms with Crippen molar-refractivity contribution >= 4 is 5.57 Å². The van der Waals surface area contributed by atoms with Crippen LogP contribution in [0, 0.1) is 11.6 Å². The van der Waals surface area contributed by atoms with Gasteiger partial charge in [-0.2, -0.15) is 0 Å². The molecule has 4 rings (SSSR count). The van der Waals surface area contributed by atoms with Crippen LogP contribution in [0.1, 0.15) is 49.9 Å². The largest absolute Gasteiger partial charge is 0.492 e. The summed E-state index contributed by atoms with van der Waals surface area (Å²) in [6.07, 6.45) is 1.34. The van der Waals surface area contributed by atoms with E-state index in [0.29, 0.717) is 19.6 Å². The highest BCUT2D eigenvalue weighted by Crippen LogP contribution is 2.50. The minimum atomic E-state index is -1.51. The topological polar surface area (TPSA) is 27.7 Å². The number of hydrogen-bond donors (Lipinski definition) is 1. The van der Waals surface area contributed by atoms with Crippen LogP contribution in [-0.2, 0) is 6.42 Å². The Morgan fingerprint density at radius 2 is 1.83 bits per heavy atom. The number of benzene rings is 2. The first-order chi connectivity index (χ1) is 17.1. The first-order valence-electron chi connectivity index (χ1n) is 12.8. The lowest BCUT2D eigenvalue weighted by Gasteiger charge is -2.44. The molecule has 2 aliphatic rings. The molecule has 0 aromatic heterocycles. The van der Waals surface area contributed by atoms with Gasteiger partial charge in [0.1, 0.15) is 29.7 Å². The Labute approximate surface area is 213 Å². The van der Waals surface area contributed by atoms with Crippen LogP contribution < -0.4 is 10.1 Å². The molecule has 1 N–H and O–H groups in total. The van der Waals surface area contributed by atoms with E-state index < -0.39 is 23.3 Å². The van der Waals surface area contributed by atoms with E-state index in [1.807, 2.05) is 38.1 Å². The highest BCUT2D eigenvalue weighted by Gasteiger charge is 2.42. The van der Waals surface area contributed by atoms with Crippen LogP contribution in [-0.4, -0.2) is 68.4 Å². The van der Waals surface area contributed by atoms with Crippen LogP contribution in [0.4, 0.5) is 13.2 Å². The predicted octanol–water partition coefficient (Wildman–Crippen LogP) is 5.39. The summed E-state index contributed by atoms with van der Waals surface area (Å²) in [7, 11) is 3.87. The molecule has 0 bridgehead atoms. The Hall–Kier alpha value is -2.35. The molecule has 196 valence electrons. The molecule has 4 nitrogen and oxygen atoms in total. The average Bonchev–Trinajstić information content (AvgIpc) is 3.16. The van der Waals surface area contributed by atoms with Crippen molar-refractivity contribution in [2.75, 3.05) is 46.9 Å². The summed E-state index contributed by atoms with van der Waals surface area (Å²) in [6, 6.07) is 9.92. The van der Waals surface area contributed by atoms with Crippen LogP contribution >= 0.6 is 0 Å². The zero-order valence-corrected chi connectivity index (χ0v) is 22.0. The molecule has 1 aliphatic carbocycles. The number of rotatable bonds is 10. The molecule has 1 aliphatic heterocycles. The maximum atomic E-state index is 15.7. The van der Waals surface area contributed by atoms with E-state index in [9.17, 15) is 4.39 Å². The van der Waals surface area contributed by atoms with E-state index in [1.54, 1.807) is 0 Å². The molecule has 0 saturated carbocycles. The van der Waals surface area contributed by atoms with Gasteiger partial charge in [0, 0.05) is 49.9 Å². The van der Waals surface area contributed by atoms with E-state index in [4.69, 9.17) is 4.74 Å². The fraction of sp³-hybridized carbons (Fsp3) is 0.517. The third kappa shape index (κ3) is 5.79. The van der Waals surface area contributed by atoms with E-state index in [2.05, 4.69) is 22.3 Å². The molecule has 2 aromatic rings. The van der Waals surface area contributed by atoms with Crippen molar-refractivity contribution in [3.05, 3.63) is 70.3 Å². The Kier molecular flexibility index (Phi) is 8.12. The quantitative estimate of drug-likeness (QED) is 0.473. The molecular formula is C29H38F3N3O. The fourth-order valence-corrected chi connectivity index (χ4v) is 5.48. The van der Waals surface area contributed by atoms with Crippen LogP contribution in [0.5, 0.6) is 5.75 Å². The molecule has 2 aromatic carbocycles. The third-order valence-corrected chi connectivity index (χ3v) is 7.21. The first-order valence-corrected chi connectivity index (χ1v) is 12.8. The van der Waals surface area contributed by atoms with Gasteiger partial charge in [-0.15, -0.1) is 0 Å². The number of likely N-dealkylation sites (N-methyl/N-ethyl adjacent to an activating group) is 2. The van der Waals surface area contributed by atoms with Gasteiger partial charge in [-0.1, -0.05) is 24.3 Å². The van der Waals surface area contributed by atoms with Gasteiger partial charge in [0.15, 0.2) is 0 Å². The van der Waals surface area contributed by atoms with Gasteiger partial charge in [0.25, 0.3) is 0 Å². The molecular weight excluding hydrogens is 463 g/mol. The monoisotopic (exact) mass is 501 g/mol. The van der Waals surface area contributed by atoms with Gasteiger partial charge in [-0.3, -0.25) is 4.90 Å². The first kappa shape index (κ1) is 26.7. The van der Waals surface area contributed by atoms with Crippen LogP contribution in [0.3, 0.4) is 0 Å².